The summed E-state index contributed by atoms with van der Waals surface area (Å²) in [5.74, 6) is 0.583. The van der Waals surface area contributed by atoms with Gasteiger partial charge in [0.05, 0.1) is 42.4 Å². The van der Waals surface area contributed by atoms with Crippen molar-refractivity contribution in [3.05, 3.63) is 42.5 Å². The molecule has 2 aromatic heterocycles. The molecule has 0 unspecified atom stereocenters. The number of hydrogen-bond acceptors (Lipinski definition) is 9. The lowest BCUT2D eigenvalue weighted by molar-refractivity contribution is 0.122. The van der Waals surface area contributed by atoms with Crippen molar-refractivity contribution in [2.24, 2.45) is 0 Å². The summed E-state index contributed by atoms with van der Waals surface area (Å²) in [4.78, 5) is 20.0. The van der Waals surface area contributed by atoms with E-state index in [0.717, 1.165) is 74.4 Å². The quantitative estimate of drug-likeness (QED) is 0.631. The van der Waals surface area contributed by atoms with Crippen LogP contribution in [0.5, 0.6) is 0 Å². The summed E-state index contributed by atoms with van der Waals surface area (Å²) in [6.07, 6.45) is 10.7. The molecule has 1 aliphatic carbocycles. The van der Waals surface area contributed by atoms with Crippen molar-refractivity contribution in [3.63, 3.8) is 0 Å². The van der Waals surface area contributed by atoms with Crippen molar-refractivity contribution in [1.82, 2.24) is 19.9 Å². The molecule has 9 heteroatoms. The molecule has 0 spiro atoms. The van der Waals surface area contributed by atoms with Gasteiger partial charge in [-0.15, -0.1) is 0 Å². The molecular formula is C23H26N8O. The van der Waals surface area contributed by atoms with E-state index < -0.39 is 0 Å². The van der Waals surface area contributed by atoms with E-state index in [1.807, 2.05) is 6.07 Å². The summed E-state index contributed by atoms with van der Waals surface area (Å²) < 4.78 is 5.51. The number of morpholine rings is 1. The van der Waals surface area contributed by atoms with Gasteiger partial charge in [-0.05, 0) is 37.8 Å². The van der Waals surface area contributed by atoms with E-state index in [9.17, 15) is 0 Å². The van der Waals surface area contributed by atoms with Crippen LogP contribution in [-0.4, -0.2) is 58.3 Å². The lowest BCUT2D eigenvalue weighted by Crippen LogP contribution is -2.36. The van der Waals surface area contributed by atoms with Crippen LogP contribution in [0.2, 0.25) is 0 Å². The topological polar surface area (TPSA) is 112 Å². The summed E-state index contributed by atoms with van der Waals surface area (Å²) in [6.45, 7) is 3.28. The van der Waals surface area contributed by atoms with Gasteiger partial charge in [0.25, 0.3) is 0 Å². The second kappa shape index (κ2) is 9.32. The molecule has 1 saturated carbocycles. The third-order valence-corrected chi connectivity index (χ3v) is 6.14. The third kappa shape index (κ3) is 4.55. The first-order valence-electron chi connectivity index (χ1n) is 11.1. The minimum Gasteiger partial charge on any atom is -0.380 e. The first kappa shape index (κ1) is 20.4. The Morgan fingerprint density at radius 1 is 0.906 bits per heavy atom. The Labute approximate surface area is 186 Å². The predicted molar refractivity (Wildman–Crippen MR) is 123 cm³/mol. The maximum absolute atomic E-state index is 8.88. The summed E-state index contributed by atoms with van der Waals surface area (Å²) >= 11 is 0. The zero-order chi connectivity index (χ0) is 21.8. The fraction of sp³-hybridized carbons (Fsp3) is 0.435. The molecule has 0 amide bonds. The van der Waals surface area contributed by atoms with Crippen LogP contribution < -0.4 is 15.5 Å². The van der Waals surface area contributed by atoms with E-state index in [4.69, 9.17) is 10.00 Å². The van der Waals surface area contributed by atoms with Crippen LogP contribution in [0, 0.1) is 11.3 Å². The standard InChI is InChI=1S/C23H26N8O/c24-13-16-14-27-23(28-15-16)30-18-3-1-17(2-4-18)29-21-12-19(31-7-9-32-10-8-31)11-20-22(21)26-6-5-25-20/h5-6,11-12,14-15,17-18,29H,1-4,7-10H2,(H,27,28,30). The molecule has 0 radical (unpaired) electrons. The number of ether oxygens (including phenoxy) is 1. The number of nitriles is 1. The minimum atomic E-state index is 0.331. The number of nitrogens with one attached hydrogen (secondary N) is 2. The number of nitrogens with zero attached hydrogens (tertiary/aromatic N) is 6. The third-order valence-electron chi connectivity index (χ3n) is 6.14. The first-order valence-corrected chi connectivity index (χ1v) is 11.1. The Morgan fingerprint density at radius 2 is 1.59 bits per heavy atom. The molecule has 1 aromatic carbocycles. The van der Waals surface area contributed by atoms with Gasteiger partial charge in [0.2, 0.25) is 5.95 Å². The van der Waals surface area contributed by atoms with Crippen LogP contribution in [0.1, 0.15) is 31.2 Å². The summed E-state index contributed by atoms with van der Waals surface area (Å²) in [7, 11) is 0. The molecule has 0 bridgehead atoms. The Morgan fingerprint density at radius 3 is 2.31 bits per heavy atom. The van der Waals surface area contributed by atoms with Gasteiger partial charge in [-0.25, -0.2) is 9.97 Å². The maximum atomic E-state index is 8.88. The van der Waals surface area contributed by atoms with Crippen LogP contribution in [0.4, 0.5) is 17.3 Å². The number of anilines is 3. The van der Waals surface area contributed by atoms with Crippen LogP contribution in [0.25, 0.3) is 11.0 Å². The summed E-state index contributed by atoms with van der Waals surface area (Å²) in [5, 5.41) is 16.0. The molecule has 164 valence electrons. The van der Waals surface area contributed by atoms with Gasteiger partial charge in [-0.2, -0.15) is 5.26 Å². The van der Waals surface area contributed by atoms with E-state index in [-0.39, 0.29) is 0 Å². The highest BCUT2D eigenvalue weighted by molar-refractivity contribution is 5.91. The molecule has 2 fully saturated rings. The molecule has 2 N–H and O–H groups in total. The summed E-state index contributed by atoms with van der Waals surface area (Å²) in [6, 6.07) is 7.08. The number of hydrogen-bond donors (Lipinski definition) is 2. The van der Waals surface area contributed by atoms with Crippen LogP contribution in [-0.2, 0) is 4.74 Å². The Hall–Kier alpha value is -3.51. The van der Waals surface area contributed by atoms with Crippen LogP contribution >= 0.6 is 0 Å². The number of rotatable bonds is 5. The van der Waals surface area contributed by atoms with E-state index in [0.29, 0.717) is 23.6 Å². The lowest BCUT2D eigenvalue weighted by Gasteiger charge is -2.32. The van der Waals surface area contributed by atoms with Crippen molar-refractivity contribution >= 4 is 28.4 Å². The van der Waals surface area contributed by atoms with Gasteiger partial charge in [-0.1, -0.05) is 0 Å². The minimum absolute atomic E-state index is 0.331. The predicted octanol–water partition coefficient (Wildman–Crippen LogP) is 2.96. The molecule has 2 aliphatic rings. The Kier molecular flexibility index (Phi) is 5.94. The molecular weight excluding hydrogens is 404 g/mol. The van der Waals surface area contributed by atoms with Crippen molar-refractivity contribution in [1.29, 1.82) is 5.26 Å². The second-order valence-electron chi connectivity index (χ2n) is 8.26. The molecule has 1 saturated heterocycles. The normalized spacial score (nSPS) is 21.2. The molecule has 0 atom stereocenters. The fourth-order valence-corrected chi connectivity index (χ4v) is 4.42. The molecule has 3 aromatic rings. The van der Waals surface area contributed by atoms with Gasteiger partial charge in [0, 0.05) is 43.3 Å². The van der Waals surface area contributed by atoms with E-state index in [1.165, 1.54) is 0 Å². The van der Waals surface area contributed by atoms with Gasteiger partial charge < -0.3 is 20.3 Å². The Balaban J connectivity index is 1.26. The van der Waals surface area contributed by atoms with Crippen LogP contribution in [0.3, 0.4) is 0 Å². The highest BCUT2D eigenvalue weighted by atomic mass is 16.5. The molecule has 9 nitrogen and oxygen atoms in total. The monoisotopic (exact) mass is 430 g/mol. The Bertz CT molecular complexity index is 1100. The van der Waals surface area contributed by atoms with Gasteiger partial charge in [0.15, 0.2) is 0 Å². The van der Waals surface area contributed by atoms with Crippen molar-refractivity contribution in [3.8, 4) is 6.07 Å². The smallest absolute Gasteiger partial charge is 0.222 e. The number of fused-ring (bicyclic) bond motifs is 1. The number of aromatic nitrogens is 4. The average Bonchev–Trinajstić information content (AvgIpc) is 2.86. The molecule has 32 heavy (non-hydrogen) atoms. The zero-order valence-electron chi connectivity index (χ0n) is 17.9. The van der Waals surface area contributed by atoms with E-state index in [1.54, 1.807) is 24.8 Å². The first-order chi connectivity index (χ1) is 15.8. The van der Waals surface area contributed by atoms with E-state index in [2.05, 4.69) is 47.6 Å². The van der Waals surface area contributed by atoms with E-state index >= 15 is 0 Å². The van der Waals surface area contributed by atoms with Gasteiger partial charge in [0.1, 0.15) is 11.6 Å². The van der Waals surface area contributed by atoms with Crippen molar-refractivity contribution < 1.29 is 4.74 Å². The SMILES string of the molecule is N#Cc1cnc(NC2CCC(Nc3cc(N4CCOCC4)cc4nccnc34)CC2)nc1. The van der Waals surface area contributed by atoms with Gasteiger partial charge in [-0.3, -0.25) is 9.97 Å². The van der Waals surface area contributed by atoms with Crippen molar-refractivity contribution in [2.75, 3.05) is 41.8 Å². The largest absolute Gasteiger partial charge is 0.380 e. The van der Waals surface area contributed by atoms with Crippen LogP contribution in [0.15, 0.2) is 36.9 Å². The van der Waals surface area contributed by atoms with Gasteiger partial charge >= 0.3 is 0 Å². The molecule has 3 heterocycles. The average molecular weight is 431 g/mol. The highest BCUT2D eigenvalue weighted by Gasteiger charge is 2.23. The summed E-state index contributed by atoms with van der Waals surface area (Å²) in [5.41, 5.74) is 4.50. The molecule has 1 aliphatic heterocycles. The van der Waals surface area contributed by atoms with Crippen molar-refractivity contribution in [2.45, 2.75) is 37.8 Å². The number of benzene rings is 1. The lowest BCUT2D eigenvalue weighted by atomic mass is 9.91. The maximum Gasteiger partial charge on any atom is 0.222 e. The zero-order valence-corrected chi connectivity index (χ0v) is 17.9. The molecule has 5 rings (SSSR count). The second-order valence-corrected chi connectivity index (χ2v) is 8.26. The fourth-order valence-electron chi connectivity index (χ4n) is 4.42. The highest BCUT2D eigenvalue weighted by Crippen LogP contribution is 2.31.